The predicted molar refractivity (Wildman–Crippen MR) is 97.3 cm³/mol. The highest BCUT2D eigenvalue weighted by molar-refractivity contribution is 6.57. The first-order valence-corrected chi connectivity index (χ1v) is 7.47. The summed E-state index contributed by atoms with van der Waals surface area (Å²) < 4.78 is 0. The van der Waals surface area contributed by atoms with Crippen molar-refractivity contribution >= 4 is 25.4 Å². The minimum atomic E-state index is -1.14. The molecule has 4 N–H and O–H groups in total. The van der Waals surface area contributed by atoms with Crippen molar-refractivity contribution in [3.63, 3.8) is 0 Å². The molecule has 0 saturated carbocycles. The topological polar surface area (TPSA) is 109 Å². The van der Waals surface area contributed by atoms with Crippen LogP contribution in [-0.2, 0) is 9.59 Å². The Hall–Kier alpha value is -2.93. The second kappa shape index (κ2) is 10.0. The molecule has 25 heavy (non-hydrogen) atoms. The molecule has 130 valence electrons. The van der Waals surface area contributed by atoms with Crippen molar-refractivity contribution in [2.24, 2.45) is 5.73 Å². The van der Waals surface area contributed by atoms with Crippen LogP contribution in [0.1, 0.15) is 31.6 Å². The lowest BCUT2D eigenvalue weighted by Crippen LogP contribution is -2.32. The SMILES string of the molecule is CC(=O)[C@@H](N)c1ccccc1.[B]C(=O)N[C@H](C(=O)O)c1ccccc1.[HH]. The normalized spacial score (nSPS) is 12.1. The average molecular weight is 340 g/mol. The number of carboxylic acids is 1. The summed E-state index contributed by atoms with van der Waals surface area (Å²) >= 11 is 0. The number of aliphatic carboxylic acids is 1. The molecule has 2 atom stereocenters. The number of carbonyl (C=O) groups is 3. The fourth-order valence-electron chi connectivity index (χ4n) is 1.97. The van der Waals surface area contributed by atoms with Gasteiger partial charge in [0, 0.05) is 1.43 Å². The first-order valence-electron chi connectivity index (χ1n) is 7.47. The van der Waals surface area contributed by atoms with Crippen LogP contribution in [0.5, 0.6) is 0 Å². The van der Waals surface area contributed by atoms with Gasteiger partial charge in [0.05, 0.1) is 6.04 Å². The van der Waals surface area contributed by atoms with Gasteiger partial charge in [0.1, 0.15) is 0 Å². The van der Waals surface area contributed by atoms with Gasteiger partial charge in [-0.05, 0) is 18.1 Å². The van der Waals surface area contributed by atoms with Crippen LogP contribution in [0.4, 0.5) is 4.79 Å². The van der Waals surface area contributed by atoms with Crippen molar-refractivity contribution in [2.75, 3.05) is 0 Å². The van der Waals surface area contributed by atoms with Gasteiger partial charge in [0.15, 0.2) is 17.6 Å². The van der Waals surface area contributed by atoms with Gasteiger partial charge in [-0.3, -0.25) is 9.59 Å². The third-order valence-electron chi connectivity index (χ3n) is 3.26. The Kier molecular flexibility index (Phi) is 8.09. The maximum Gasteiger partial charge on any atom is 0.330 e. The molecule has 2 rings (SSSR count). The quantitative estimate of drug-likeness (QED) is 0.723. The summed E-state index contributed by atoms with van der Waals surface area (Å²) in [4.78, 5) is 32.1. The first kappa shape index (κ1) is 20.1. The van der Waals surface area contributed by atoms with Gasteiger partial charge in [0.2, 0.25) is 7.85 Å². The number of Topliss-reactive ketones (excluding diaryl/α,β-unsaturated/α-hetero) is 1. The van der Waals surface area contributed by atoms with E-state index in [0.29, 0.717) is 5.56 Å². The molecule has 1 amide bonds. The molecule has 2 aromatic carbocycles. The van der Waals surface area contributed by atoms with E-state index in [9.17, 15) is 14.4 Å². The van der Waals surface area contributed by atoms with Crippen LogP contribution in [0.15, 0.2) is 60.7 Å². The number of hydrogen-bond donors (Lipinski definition) is 3. The Bertz CT molecular complexity index is 714. The Labute approximate surface area is 148 Å². The van der Waals surface area contributed by atoms with Crippen LogP contribution in [0.2, 0.25) is 0 Å². The maximum absolute atomic E-state index is 10.8. The minimum absolute atomic E-state index is 0. The lowest BCUT2D eigenvalue weighted by molar-refractivity contribution is -0.139. The van der Waals surface area contributed by atoms with E-state index >= 15 is 0 Å². The number of amides is 1. The van der Waals surface area contributed by atoms with Crippen molar-refractivity contribution in [3.05, 3.63) is 71.8 Å². The highest BCUT2D eigenvalue weighted by Gasteiger charge is 2.19. The molecule has 0 aliphatic heterocycles. The van der Waals surface area contributed by atoms with Crippen LogP contribution in [-0.4, -0.2) is 30.5 Å². The molecule has 6 nitrogen and oxygen atoms in total. The zero-order chi connectivity index (χ0) is 18.8. The summed E-state index contributed by atoms with van der Waals surface area (Å²) in [6.07, 6.45) is 0. The molecule has 2 radical (unpaired) electrons. The van der Waals surface area contributed by atoms with Crippen molar-refractivity contribution in [2.45, 2.75) is 19.0 Å². The van der Waals surface area contributed by atoms with Crippen molar-refractivity contribution in [1.29, 1.82) is 0 Å². The van der Waals surface area contributed by atoms with Gasteiger partial charge in [-0.1, -0.05) is 60.7 Å². The number of hydrogen-bond acceptors (Lipinski definition) is 4. The van der Waals surface area contributed by atoms with Gasteiger partial charge in [-0.2, -0.15) is 0 Å². The van der Waals surface area contributed by atoms with Gasteiger partial charge in [-0.15, -0.1) is 0 Å². The average Bonchev–Trinajstić information content (AvgIpc) is 2.60. The smallest absolute Gasteiger partial charge is 0.330 e. The lowest BCUT2D eigenvalue weighted by atomic mass is 10.0. The molecule has 0 heterocycles. The number of rotatable bonds is 5. The van der Waals surface area contributed by atoms with Crippen LogP contribution >= 0.6 is 0 Å². The third-order valence-corrected chi connectivity index (χ3v) is 3.26. The van der Waals surface area contributed by atoms with E-state index in [1.807, 2.05) is 30.3 Å². The van der Waals surface area contributed by atoms with E-state index in [-0.39, 0.29) is 7.21 Å². The van der Waals surface area contributed by atoms with Gasteiger partial charge >= 0.3 is 5.97 Å². The molecule has 0 bridgehead atoms. The summed E-state index contributed by atoms with van der Waals surface area (Å²) in [6.45, 7) is 1.50. The fourth-order valence-corrected chi connectivity index (χ4v) is 1.97. The monoisotopic (exact) mass is 340 g/mol. The standard InChI is InChI=1S/C9H8BNO3.C9H11NO.H2/c10-9(14)11-7(8(12)13)6-4-2-1-3-5-6;1-7(11)9(10)8-5-3-2-4-6-8;/h1-5,7H,(H,11,14)(H,12,13);2-6,9H,10H2,1H3;1H/t7-;9-;/m01./s1. The van der Waals surface area contributed by atoms with Gasteiger partial charge < -0.3 is 16.2 Å². The molecule has 0 fully saturated rings. The first-order chi connectivity index (χ1) is 11.8. The maximum atomic E-state index is 10.8. The third kappa shape index (κ3) is 7.01. The van der Waals surface area contributed by atoms with E-state index in [0.717, 1.165) is 5.56 Å². The van der Waals surface area contributed by atoms with E-state index in [4.69, 9.17) is 18.7 Å². The Morgan fingerprint density at radius 1 is 1.00 bits per heavy atom. The number of benzene rings is 2. The van der Waals surface area contributed by atoms with E-state index < -0.39 is 23.9 Å². The fraction of sp³-hybridized carbons (Fsp3) is 0.167. The second-order valence-corrected chi connectivity index (χ2v) is 5.19. The van der Waals surface area contributed by atoms with Crippen molar-refractivity contribution in [3.8, 4) is 0 Å². The van der Waals surface area contributed by atoms with E-state index in [1.165, 1.54) is 6.92 Å². The van der Waals surface area contributed by atoms with Gasteiger partial charge in [-0.25, -0.2) is 4.79 Å². The Morgan fingerprint density at radius 3 is 1.80 bits per heavy atom. The van der Waals surface area contributed by atoms with Crippen LogP contribution in [0, 0.1) is 0 Å². The van der Waals surface area contributed by atoms with Crippen LogP contribution < -0.4 is 11.1 Å². The zero-order valence-electron chi connectivity index (χ0n) is 13.8. The molecular weight excluding hydrogens is 319 g/mol. The molecule has 7 heteroatoms. The van der Waals surface area contributed by atoms with Crippen LogP contribution in [0.25, 0.3) is 0 Å². The summed E-state index contributed by atoms with van der Waals surface area (Å²) in [7, 11) is 4.86. The highest BCUT2D eigenvalue weighted by atomic mass is 16.4. The number of ketones is 1. The lowest BCUT2D eigenvalue weighted by Gasteiger charge is -2.13. The molecule has 0 saturated heterocycles. The Morgan fingerprint density at radius 2 is 1.44 bits per heavy atom. The predicted octanol–water partition coefficient (Wildman–Crippen LogP) is 2.21. The zero-order valence-corrected chi connectivity index (χ0v) is 13.8. The molecule has 0 aliphatic carbocycles. The largest absolute Gasteiger partial charge is 0.479 e. The summed E-state index contributed by atoms with van der Waals surface area (Å²) in [6, 6.07) is 16.1. The number of nitrogens with two attached hydrogens (primary N) is 1. The van der Waals surface area contributed by atoms with E-state index in [2.05, 4.69) is 5.32 Å². The Balaban J connectivity index is 0.000000475. The number of nitrogens with one attached hydrogen (secondary N) is 1. The second-order valence-electron chi connectivity index (χ2n) is 5.19. The van der Waals surface area contributed by atoms with Gasteiger partial charge in [0.25, 0.3) is 0 Å². The summed E-state index contributed by atoms with van der Waals surface area (Å²) in [5.74, 6) is -2.01. The number of carbonyl (C=O) groups excluding carboxylic acids is 2. The molecular formula is C18H21BN2O4. The molecule has 0 aromatic heterocycles. The molecule has 0 aliphatic rings. The summed E-state index contributed by atoms with van der Waals surface area (Å²) in [5, 5.41) is 10.9. The van der Waals surface area contributed by atoms with Crippen molar-refractivity contribution in [1.82, 2.24) is 5.32 Å². The minimum Gasteiger partial charge on any atom is -0.479 e. The molecule has 0 spiro atoms. The number of carboxylic acid groups (broad SMARTS) is 1. The molecule has 0 unspecified atom stereocenters. The molecule has 2 aromatic rings. The summed E-state index contributed by atoms with van der Waals surface area (Å²) in [5.41, 5.74) is 6.95. The highest BCUT2D eigenvalue weighted by Crippen LogP contribution is 2.12. The van der Waals surface area contributed by atoms with Crippen LogP contribution in [0.3, 0.4) is 0 Å². The van der Waals surface area contributed by atoms with Crippen molar-refractivity contribution < 1.29 is 20.9 Å². The van der Waals surface area contributed by atoms with E-state index in [1.54, 1.807) is 30.3 Å².